The van der Waals surface area contributed by atoms with Crippen molar-refractivity contribution in [3.63, 3.8) is 0 Å². The standard InChI is InChI=1S/C9H8F4N2O2/c10-5-1-2-6(15(16)17)8(11)7(5)9(12,13)3-4-14/h1-2H,3-4,14H2. The first-order chi connectivity index (χ1) is 7.81. The summed E-state index contributed by atoms with van der Waals surface area (Å²) in [5, 5.41) is 10.3. The van der Waals surface area contributed by atoms with E-state index < -0.39 is 46.7 Å². The normalized spacial score (nSPS) is 11.6. The van der Waals surface area contributed by atoms with Crippen LogP contribution in [0.15, 0.2) is 12.1 Å². The van der Waals surface area contributed by atoms with Gasteiger partial charge in [0.2, 0.25) is 5.82 Å². The van der Waals surface area contributed by atoms with Crippen molar-refractivity contribution in [2.24, 2.45) is 5.73 Å². The van der Waals surface area contributed by atoms with Gasteiger partial charge in [0.05, 0.1) is 10.5 Å². The summed E-state index contributed by atoms with van der Waals surface area (Å²) in [6.07, 6.45) is -0.998. The third kappa shape index (κ3) is 2.52. The predicted octanol–water partition coefficient (Wildman–Crippen LogP) is 2.31. The molecule has 0 saturated heterocycles. The number of nitrogens with two attached hydrogens (primary N) is 1. The summed E-state index contributed by atoms with van der Waals surface area (Å²) in [6, 6.07) is 0.924. The molecule has 94 valence electrons. The second kappa shape index (κ2) is 4.66. The smallest absolute Gasteiger partial charge is 0.305 e. The Balaban J connectivity index is 3.41. The van der Waals surface area contributed by atoms with Gasteiger partial charge in [0, 0.05) is 12.5 Å². The SMILES string of the molecule is NCCC(F)(F)c1c(F)ccc([N+](=O)[O-])c1F. The van der Waals surface area contributed by atoms with E-state index >= 15 is 0 Å². The second-order valence-electron chi connectivity index (χ2n) is 3.26. The predicted molar refractivity (Wildman–Crippen MR) is 50.6 cm³/mol. The van der Waals surface area contributed by atoms with Gasteiger partial charge >= 0.3 is 5.69 Å². The number of benzene rings is 1. The molecule has 0 radical (unpaired) electrons. The van der Waals surface area contributed by atoms with Crippen LogP contribution in [-0.4, -0.2) is 11.5 Å². The fourth-order valence-corrected chi connectivity index (χ4v) is 1.32. The van der Waals surface area contributed by atoms with Crippen LogP contribution in [0, 0.1) is 21.7 Å². The zero-order valence-electron chi connectivity index (χ0n) is 8.42. The van der Waals surface area contributed by atoms with Crippen LogP contribution in [-0.2, 0) is 5.92 Å². The Morgan fingerprint density at radius 3 is 2.41 bits per heavy atom. The summed E-state index contributed by atoms with van der Waals surface area (Å²) in [5.74, 6) is -7.28. The number of halogens is 4. The molecule has 0 unspecified atom stereocenters. The van der Waals surface area contributed by atoms with Crippen LogP contribution in [0.1, 0.15) is 12.0 Å². The maximum atomic E-state index is 13.4. The molecule has 0 aliphatic heterocycles. The van der Waals surface area contributed by atoms with Crippen LogP contribution in [0.3, 0.4) is 0 Å². The van der Waals surface area contributed by atoms with Crippen molar-refractivity contribution in [3.05, 3.63) is 39.4 Å². The van der Waals surface area contributed by atoms with Crippen molar-refractivity contribution in [2.75, 3.05) is 6.54 Å². The lowest BCUT2D eigenvalue weighted by Crippen LogP contribution is -2.22. The van der Waals surface area contributed by atoms with Crippen molar-refractivity contribution in [3.8, 4) is 0 Å². The molecule has 1 aromatic rings. The molecule has 0 amide bonds. The van der Waals surface area contributed by atoms with E-state index in [1.54, 1.807) is 0 Å². The van der Waals surface area contributed by atoms with E-state index in [2.05, 4.69) is 0 Å². The molecule has 4 nitrogen and oxygen atoms in total. The number of nitro benzene ring substituents is 1. The summed E-state index contributed by atoms with van der Waals surface area (Å²) < 4.78 is 53.2. The van der Waals surface area contributed by atoms with Gasteiger partial charge in [-0.2, -0.15) is 4.39 Å². The molecule has 1 rings (SSSR count). The van der Waals surface area contributed by atoms with E-state index in [0.717, 1.165) is 0 Å². The quantitative estimate of drug-likeness (QED) is 0.508. The minimum absolute atomic E-state index is 0.432. The number of nitrogens with zero attached hydrogens (tertiary/aromatic N) is 1. The molecule has 0 spiro atoms. The molecule has 0 heterocycles. The Bertz CT molecular complexity index is 451. The van der Waals surface area contributed by atoms with Crippen LogP contribution >= 0.6 is 0 Å². The molecule has 0 aliphatic rings. The Morgan fingerprint density at radius 1 is 1.35 bits per heavy atom. The van der Waals surface area contributed by atoms with Gasteiger partial charge in [0.1, 0.15) is 5.82 Å². The molecule has 17 heavy (non-hydrogen) atoms. The highest BCUT2D eigenvalue weighted by Crippen LogP contribution is 2.37. The highest BCUT2D eigenvalue weighted by Gasteiger charge is 2.39. The van der Waals surface area contributed by atoms with Gasteiger partial charge in [-0.1, -0.05) is 0 Å². The van der Waals surface area contributed by atoms with Gasteiger partial charge < -0.3 is 5.73 Å². The Labute approximate surface area is 93.2 Å². The lowest BCUT2D eigenvalue weighted by molar-refractivity contribution is -0.387. The fourth-order valence-electron chi connectivity index (χ4n) is 1.32. The van der Waals surface area contributed by atoms with E-state index in [1.807, 2.05) is 0 Å². The zero-order valence-corrected chi connectivity index (χ0v) is 8.42. The summed E-state index contributed by atoms with van der Waals surface area (Å²) in [7, 11) is 0. The number of nitro groups is 1. The van der Waals surface area contributed by atoms with Crippen LogP contribution in [0.5, 0.6) is 0 Å². The lowest BCUT2D eigenvalue weighted by atomic mass is 10.0. The third-order valence-electron chi connectivity index (χ3n) is 2.09. The third-order valence-corrected chi connectivity index (χ3v) is 2.09. The highest BCUT2D eigenvalue weighted by atomic mass is 19.3. The number of hydrogen-bond acceptors (Lipinski definition) is 3. The van der Waals surface area contributed by atoms with Crippen molar-refractivity contribution < 1.29 is 22.5 Å². The molecule has 2 N–H and O–H groups in total. The summed E-state index contributed by atoms with van der Waals surface area (Å²) >= 11 is 0. The van der Waals surface area contributed by atoms with Gasteiger partial charge in [-0.25, -0.2) is 13.2 Å². The van der Waals surface area contributed by atoms with Crippen LogP contribution < -0.4 is 5.73 Å². The van der Waals surface area contributed by atoms with Gasteiger partial charge in [0.15, 0.2) is 0 Å². The Hall–Kier alpha value is -1.70. The first-order valence-electron chi connectivity index (χ1n) is 4.52. The number of alkyl halides is 2. The summed E-state index contributed by atoms with van der Waals surface area (Å²) in [6.45, 7) is -0.505. The Morgan fingerprint density at radius 2 is 1.94 bits per heavy atom. The topological polar surface area (TPSA) is 69.2 Å². The molecule has 1 aromatic carbocycles. The van der Waals surface area contributed by atoms with E-state index in [-0.39, 0.29) is 0 Å². The van der Waals surface area contributed by atoms with Gasteiger partial charge in [-0.05, 0) is 12.6 Å². The van der Waals surface area contributed by atoms with E-state index in [1.165, 1.54) is 0 Å². The molecule has 0 saturated carbocycles. The first-order valence-corrected chi connectivity index (χ1v) is 4.52. The molecule has 0 fully saturated rings. The van der Waals surface area contributed by atoms with Crippen molar-refractivity contribution in [2.45, 2.75) is 12.3 Å². The molecular weight excluding hydrogens is 244 g/mol. The van der Waals surface area contributed by atoms with Gasteiger partial charge in [-0.15, -0.1) is 0 Å². The largest absolute Gasteiger partial charge is 0.330 e. The molecular formula is C9H8F4N2O2. The summed E-state index contributed by atoms with van der Waals surface area (Å²) in [5.41, 5.74) is 2.08. The maximum Gasteiger partial charge on any atom is 0.305 e. The van der Waals surface area contributed by atoms with E-state index in [4.69, 9.17) is 5.73 Å². The maximum absolute atomic E-state index is 13.4. The van der Waals surface area contributed by atoms with Gasteiger partial charge in [0.25, 0.3) is 5.92 Å². The van der Waals surface area contributed by atoms with Crippen LogP contribution in [0.4, 0.5) is 23.2 Å². The van der Waals surface area contributed by atoms with Crippen molar-refractivity contribution in [1.29, 1.82) is 0 Å². The zero-order chi connectivity index (χ0) is 13.2. The van der Waals surface area contributed by atoms with Gasteiger partial charge in [-0.3, -0.25) is 10.1 Å². The Kier molecular flexibility index (Phi) is 3.66. The highest BCUT2D eigenvalue weighted by molar-refractivity contribution is 5.39. The van der Waals surface area contributed by atoms with Crippen molar-refractivity contribution >= 4 is 5.69 Å². The van der Waals surface area contributed by atoms with E-state index in [0.29, 0.717) is 12.1 Å². The first kappa shape index (κ1) is 13.4. The minimum atomic E-state index is -3.88. The molecule has 0 aromatic heterocycles. The number of rotatable bonds is 4. The minimum Gasteiger partial charge on any atom is -0.330 e. The van der Waals surface area contributed by atoms with Crippen LogP contribution in [0.25, 0.3) is 0 Å². The summed E-state index contributed by atoms with van der Waals surface area (Å²) in [4.78, 5) is 9.15. The fraction of sp³-hybridized carbons (Fsp3) is 0.333. The van der Waals surface area contributed by atoms with Crippen molar-refractivity contribution in [1.82, 2.24) is 0 Å². The molecule has 8 heteroatoms. The average molecular weight is 252 g/mol. The molecule has 0 aliphatic carbocycles. The monoisotopic (exact) mass is 252 g/mol. The average Bonchev–Trinajstić information content (AvgIpc) is 2.15. The lowest BCUT2D eigenvalue weighted by Gasteiger charge is -2.16. The second-order valence-corrected chi connectivity index (χ2v) is 3.26. The molecule has 0 atom stereocenters. The molecule has 0 bridgehead atoms. The van der Waals surface area contributed by atoms with E-state index in [9.17, 15) is 27.7 Å². The number of hydrogen-bond donors (Lipinski definition) is 1. The van der Waals surface area contributed by atoms with Crippen LogP contribution in [0.2, 0.25) is 0 Å².